The van der Waals surface area contributed by atoms with Gasteiger partial charge >= 0.3 is 6.09 Å². The van der Waals surface area contributed by atoms with Gasteiger partial charge in [-0.25, -0.2) is 4.79 Å². The largest absolute Gasteiger partial charge is 0.497 e. The van der Waals surface area contributed by atoms with Gasteiger partial charge in [0.2, 0.25) is 0 Å². The number of likely N-dealkylation sites (tertiary alicyclic amines) is 1. The summed E-state index contributed by atoms with van der Waals surface area (Å²) in [6, 6.07) is 8.52. The van der Waals surface area contributed by atoms with Gasteiger partial charge in [0.1, 0.15) is 5.75 Å². The van der Waals surface area contributed by atoms with E-state index in [-0.39, 0.29) is 29.2 Å². The van der Waals surface area contributed by atoms with Crippen molar-refractivity contribution >= 4 is 6.09 Å². The van der Waals surface area contributed by atoms with Gasteiger partial charge in [0, 0.05) is 25.2 Å². The molecule has 28 heavy (non-hydrogen) atoms. The van der Waals surface area contributed by atoms with E-state index in [1.165, 1.54) is 10.5 Å². The average Bonchev–Trinajstić information content (AvgIpc) is 3.00. The molecule has 1 amide bonds. The Kier molecular flexibility index (Phi) is 5.92. The van der Waals surface area contributed by atoms with Crippen molar-refractivity contribution in [1.82, 2.24) is 10.2 Å². The molecule has 2 aliphatic heterocycles. The van der Waals surface area contributed by atoms with Gasteiger partial charge in [0.05, 0.1) is 18.8 Å². The Morgan fingerprint density at radius 1 is 1.29 bits per heavy atom. The highest BCUT2D eigenvalue weighted by Gasteiger charge is 2.53. The number of hydrogen-bond donors (Lipinski definition) is 2. The van der Waals surface area contributed by atoms with E-state index >= 15 is 0 Å². The van der Waals surface area contributed by atoms with Crippen molar-refractivity contribution in [3.63, 3.8) is 0 Å². The summed E-state index contributed by atoms with van der Waals surface area (Å²) >= 11 is 0. The lowest BCUT2D eigenvalue weighted by Crippen LogP contribution is -2.55. The zero-order valence-electron chi connectivity index (χ0n) is 17.7. The van der Waals surface area contributed by atoms with E-state index < -0.39 is 6.09 Å². The molecule has 1 spiro atoms. The number of rotatable bonds is 4. The van der Waals surface area contributed by atoms with Crippen LogP contribution in [0.1, 0.15) is 58.6 Å². The second-order valence-electron chi connectivity index (χ2n) is 9.26. The van der Waals surface area contributed by atoms with Gasteiger partial charge in [-0.3, -0.25) is 0 Å². The molecule has 156 valence electrons. The van der Waals surface area contributed by atoms with E-state index in [0.29, 0.717) is 13.1 Å². The summed E-state index contributed by atoms with van der Waals surface area (Å²) in [7, 11) is 1.67. The first kappa shape index (κ1) is 20.9. The maximum atomic E-state index is 11.3. The fourth-order valence-corrected chi connectivity index (χ4v) is 4.43. The Morgan fingerprint density at radius 2 is 1.89 bits per heavy atom. The fraction of sp³-hybridized carbons (Fsp3) is 0.682. The van der Waals surface area contributed by atoms with Gasteiger partial charge in [0.15, 0.2) is 0 Å². The minimum absolute atomic E-state index is 0.0523. The molecule has 6 heteroatoms. The van der Waals surface area contributed by atoms with Crippen LogP contribution in [0.15, 0.2) is 24.3 Å². The lowest BCUT2D eigenvalue weighted by molar-refractivity contribution is -0.111. The number of benzene rings is 1. The highest BCUT2D eigenvalue weighted by molar-refractivity contribution is 5.65. The Bertz CT molecular complexity index is 675. The predicted octanol–water partition coefficient (Wildman–Crippen LogP) is 4.06. The maximum Gasteiger partial charge on any atom is 0.407 e. The Labute approximate surface area is 168 Å². The van der Waals surface area contributed by atoms with Crippen LogP contribution in [0, 0.1) is 5.41 Å². The molecule has 2 N–H and O–H groups in total. The highest BCUT2D eigenvalue weighted by Crippen LogP contribution is 2.45. The zero-order valence-corrected chi connectivity index (χ0v) is 17.7. The van der Waals surface area contributed by atoms with E-state index in [0.717, 1.165) is 25.0 Å². The van der Waals surface area contributed by atoms with Crippen LogP contribution in [-0.2, 0) is 4.74 Å². The van der Waals surface area contributed by atoms with Crippen molar-refractivity contribution < 1.29 is 19.4 Å². The lowest BCUT2D eigenvalue weighted by atomic mass is 9.81. The second kappa shape index (κ2) is 7.91. The number of amides is 1. The molecule has 3 rings (SSSR count). The van der Waals surface area contributed by atoms with Crippen molar-refractivity contribution in [2.75, 3.05) is 20.2 Å². The van der Waals surface area contributed by atoms with Crippen LogP contribution in [0.3, 0.4) is 0 Å². The van der Waals surface area contributed by atoms with E-state index in [9.17, 15) is 9.90 Å². The molecule has 3 atom stereocenters. The number of ether oxygens (including phenoxy) is 2. The molecule has 2 heterocycles. The molecule has 0 aliphatic carbocycles. The summed E-state index contributed by atoms with van der Waals surface area (Å²) < 4.78 is 11.9. The number of hydrogen-bond acceptors (Lipinski definition) is 4. The Morgan fingerprint density at radius 3 is 2.39 bits per heavy atom. The normalized spacial score (nSPS) is 25.7. The highest BCUT2D eigenvalue weighted by atomic mass is 16.5. The van der Waals surface area contributed by atoms with Gasteiger partial charge < -0.3 is 24.8 Å². The van der Waals surface area contributed by atoms with Crippen molar-refractivity contribution in [3.05, 3.63) is 29.8 Å². The van der Waals surface area contributed by atoms with Crippen molar-refractivity contribution in [3.8, 4) is 5.75 Å². The Hall–Kier alpha value is -1.79. The predicted molar refractivity (Wildman–Crippen MR) is 109 cm³/mol. The molecular weight excluding hydrogens is 356 g/mol. The minimum Gasteiger partial charge on any atom is -0.497 e. The van der Waals surface area contributed by atoms with E-state index in [4.69, 9.17) is 9.47 Å². The van der Waals surface area contributed by atoms with Crippen LogP contribution in [-0.4, -0.2) is 54.0 Å². The minimum atomic E-state index is -0.837. The topological polar surface area (TPSA) is 71.0 Å². The monoisotopic (exact) mass is 390 g/mol. The van der Waals surface area contributed by atoms with Gasteiger partial charge in [-0.05, 0) is 49.3 Å². The number of piperidine rings is 1. The molecule has 1 aromatic rings. The van der Waals surface area contributed by atoms with Crippen LogP contribution < -0.4 is 10.1 Å². The molecule has 1 aromatic carbocycles. The third-order valence-electron chi connectivity index (χ3n) is 6.38. The molecule has 2 fully saturated rings. The zero-order chi connectivity index (χ0) is 20.5. The molecule has 6 nitrogen and oxygen atoms in total. The van der Waals surface area contributed by atoms with Gasteiger partial charge in [-0.1, -0.05) is 32.9 Å². The van der Waals surface area contributed by atoms with Crippen LogP contribution >= 0.6 is 0 Å². The first-order chi connectivity index (χ1) is 13.1. The van der Waals surface area contributed by atoms with E-state index in [2.05, 4.69) is 45.1 Å². The summed E-state index contributed by atoms with van der Waals surface area (Å²) in [6.45, 7) is 9.88. The van der Waals surface area contributed by atoms with Crippen LogP contribution in [0.5, 0.6) is 5.75 Å². The first-order valence-electron chi connectivity index (χ1n) is 10.2. The number of methoxy groups -OCH3 is 1. The van der Waals surface area contributed by atoms with Crippen molar-refractivity contribution in [1.29, 1.82) is 0 Å². The van der Waals surface area contributed by atoms with Crippen LogP contribution in [0.4, 0.5) is 4.79 Å². The Balaban J connectivity index is 1.76. The third-order valence-corrected chi connectivity index (χ3v) is 6.38. The van der Waals surface area contributed by atoms with Gasteiger partial charge in [0.25, 0.3) is 0 Å². The van der Waals surface area contributed by atoms with E-state index in [1.807, 2.05) is 12.1 Å². The summed E-state index contributed by atoms with van der Waals surface area (Å²) in [5.74, 6) is 0.852. The quantitative estimate of drug-likeness (QED) is 0.811. The molecule has 0 radical (unpaired) electrons. The number of nitrogens with zero attached hydrogens (tertiary/aromatic N) is 1. The lowest BCUT2D eigenvalue weighted by Gasteiger charge is -2.43. The second-order valence-corrected chi connectivity index (χ2v) is 9.26. The van der Waals surface area contributed by atoms with Crippen molar-refractivity contribution in [2.24, 2.45) is 5.41 Å². The molecular formula is C22H34N2O4. The van der Waals surface area contributed by atoms with Crippen molar-refractivity contribution in [2.45, 2.75) is 70.7 Å². The number of carbonyl (C=O) groups is 1. The van der Waals surface area contributed by atoms with Crippen LogP contribution in [0.25, 0.3) is 0 Å². The van der Waals surface area contributed by atoms with Gasteiger partial charge in [-0.15, -0.1) is 0 Å². The molecule has 2 aliphatic rings. The first-order valence-corrected chi connectivity index (χ1v) is 10.2. The number of carboxylic acid groups (broad SMARTS) is 1. The molecule has 0 aromatic heterocycles. The molecule has 2 saturated heterocycles. The van der Waals surface area contributed by atoms with Crippen LogP contribution in [0.2, 0.25) is 0 Å². The summed E-state index contributed by atoms with van der Waals surface area (Å²) in [4.78, 5) is 12.8. The molecule has 0 bridgehead atoms. The summed E-state index contributed by atoms with van der Waals surface area (Å²) in [5.41, 5.74) is 0.958. The number of nitrogens with one attached hydrogen (secondary N) is 1. The summed E-state index contributed by atoms with van der Waals surface area (Å²) in [5, 5.41) is 13.1. The average molecular weight is 391 g/mol. The van der Waals surface area contributed by atoms with Gasteiger partial charge in [-0.2, -0.15) is 0 Å². The third kappa shape index (κ3) is 4.28. The van der Waals surface area contributed by atoms with E-state index in [1.54, 1.807) is 7.11 Å². The molecule has 2 unspecified atom stereocenters. The fourth-order valence-electron chi connectivity index (χ4n) is 4.43. The SMILES string of the molecule is COc1ccc([C@@H](C)NC2CC(C(C)(C)C)OC23CCN(C(=O)O)CC3)cc1. The standard InChI is InChI=1S/C22H34N2O4/c1-15(16-6-8-17(27-5)9-7-16)23-18-14-19(21(2,3)4)28-22(18)10-12-24(13-11-22)20(25)26/h6-9,15,18-19,23H,10-14H2,1-5H3,(H,25,26)/t15-,18?,19?/m1/s1. The maximum absolute atomic E-state index is 11.3. The molecule has 0 saturated carbocycles. The smallest absolute Gasteiger partial charge is 0.407 e. The summed E-state index contributed by atoms with van der Waals surface area (Å²) in [6.07, 6.45) is 1.73.